The van der Waals surface area contributed by atoms with Gasteiger partial charge in [-0.2, -0.15) is 5.26 Å². The minimum atomic E-state index is 0.0185. The van der Waals surface area contributed by atoms with Crippen LogP contribution in [0.5, 0.6) is 0 Å². The van der Waals surface area contributed by atoms with Crippen LogP contribution in [-0.4, -0.2) is 16.9 Å². The smallest absolute Gasteiger partial charge is 0.228 e. The van der Waals surface area contributed by atoms with Crippen molar-refractivity contribution in [1.82, 2.24) is 10.3 Å². The minimum absolute atomic E-state index is 0.0185. The van der Waals surface area contributed by atoms with Crippen molar-refractivity contribution < 1.29 is 4.79 Å². The van der Waals surface area contributed by atoms with Gasteiger partial charge in [0.25, 0.3) is 0 Å². The summed E-state index contributed by atoms with van der Waals surface area (Å²) >= 11 is 1.62. The van der Waals surface area contributed by atoms with E-state index in [1.807, 2.05) is 6.19 Å². The molecule has 0 aliphatic heterocycles. The topological polar surface area (TPSA) is 77.8 Å². The van der Waals surface area contributed by atoms with Crippen LogP contribution in [0.15, 0.2) is 6.20 Å². The van der Waals surface area contributed by atoms with E-state index in [2.05, 4.69) is 22.5 Å². The van der Waals surface area contributed by atoms with Crippen LogP contribution in [0.25, 0.3) is 0 Å². The van der Waals surface area contributed by atoms with Crippen LogP contribution < -0.4 is 10.6 Å². The molecule has 6 heteroatoms. The molecular formula is C16H22N4OS. The first-order valence-electron chi connectivity index (χ1n) is 8.08. The van der Waals surface area contributed by atoms with Crippen molar-refractivity contribution in [3.8, 4) is 6.19 Å². The molecule has 2 N–H and O–H groups in total. The Labute approximate surface area is 135 Å². The lowest BCUT2D eigenvalue weighted by molar-refractivity contribution is -0.122. The summed E-state index contributed by atoms with van der Waals surface area (Å²) in [6, 6.07) is 0.167. The molecule has 0 radical (unpaired) electrons. The van der Waals surface area contributed by atoms with Gasteiger partial charge in [0.1, 0.15) is 5.00 Å². The zero-order valence-electron chi connectivity index (χ0n) is 12.8. The van der Waals surface area contributed by atoms with Gasteiger partial charge in [-0.3, -0.25) is 4.79 Å². The average molecular weight is 318 g/mol. The van der Waals surface area contributed by atoms with Crippen LogP contribution in [0.1, 0.15) is 56.4 Å². The second kappa shape index (κ2) is 6.66. The van der Waals surface area contributed by atoms with E-state index in [4.69, 9.17) is 5.26 Å². The Morgan fingerprint density at radius 2 is 2.18 bits per heavy atom. The molecule has 1 heterocycles. The average Bonchev–Trinajstić information content (AvgIpc) is 2.91. The molecule has 0 bridgehead atoms. The summed E-state index contributed by atoms with van der Waals surface area (Å²) in [5.41, 5.74) is 0. The second-order valence-electron chi connectivity index (χ2n) is 6.54. The third-order valence-corrected chi connectivity index (χ3v) is 6.02. The van der Waals surface area contributed by atoms with Crippen molar-refractivity contribution >= 4 is 22.2 Å². The van der Waals surface area contributed by atoms with Crippen molar-refractivity contribution in [2.75, 3.05) is 5.32 Å². The number of nitrogens with one attached hydrogen (secondary N) is 2. The highest BCUT2D eigenvalue weighted by molar-refractivity contribution is 7.15. The molecule has 1 amide bonds. The van der Waals surface area contributed by atoms with E-state index in [9.17, 15) is 4.79 Å². The van der Waals surface area contributed by atoms with Gasteiger partial charge in [-0.1, -0.05) is 26.2 Å². The monoisotopic (exact) mass is 318 g/mol. The summed E-state index contributed by atoms with van der Waals surface area (Å²) in [5.74, 6) is 1.32. The number of amides is 1. The highest BCUT2D eigenvalue weighted by Gasteiger charge is 2.34. The molecule has 1 aromatic rings. The quantitative estimate of drug-likeness (QED) is 0.660. The van der Waals surface area contributed by atoms with Gasteiger partial charge in [0.15, 0.2) is 6.19 Å². The third kappa shape index (κ3) is 3.25. The molecule has 2 aliphatic carbocycles. The number of hydrogen-bond acceptors (Lipinski definition) is 5. The lowest BCUT2D eigenvalue weighted by atomic mass is 9.80. The number of carbonyl (C=O) groups is 1. The molecule has 5 nitrogen and oxygen atoms in total. The molecular weight excluding hydrogens is 296 g/mol. The van der Waals surface area contributed by atoms with Gasteiger partial charge in [0.05, 0.1) is 11.2 Å². The molecule has 0 aromatic carbocycles. The first-order valence-corrected chi connectivity index (χ1v) is 8.90. The van der Waals surface area contributed by atoms with Gasteiger partial charge in [0, 0.05) is 17.9 Å². The summed E-state index contributed by atoms with van der Waals surface area (Å²) in [5, 5.41) is 16.2. The van der Waals surface area contributed by atoms with E-state index in [1.54, 1.807) is 17.5 Å². The Morgan fingerprint density at radius 3 is 2.91 bits per heavy atom. The number of nitrogens with zero attached hydrogens (tertiary/aromatic N) is 2. The largest absolute Gasteiger partial charge is 0.321 e. The molecule has 0 spiro atoms. The fourth-order valence-corrected chi connectivity index (χ4v) is 4.55. The maximum absolute atomic E-state index is 12.2. The first-order chi connectivity index (χ1) is 10.7. The summed E-state index contributed by atoms with van der Waals surface area (Å²) in [7, 11) is 0. The number of carbonyl (C=O) groups excluding carboxylic acids is 1. The van der Waals surface area contributed by atoms with Crippen LogP contribution in [0.4, 0.5) is 5.00 Å². The summed E-state index contributed by atoms with van der Waals surface area (Å²) in [6.45, 7) is 2.31. The molecule has 118 valence electrons. The molecule has 2 atom stereocenters. The Kier molecular flexibility index (Phi) is 4.63. The molecule has 3 rings (SSSR count). The van der Waals surface area contributed by atoms with E-state index in [1.165, 1.54) is 30.7 Å². The Morgan fingerprint density at radius 1 is 1.41 bits per heavy atom. The van der Waals surface area contributed by atoms with Crippen LogP contribution in [0, 0.1) is 23.3 Å². The van der Waals surface area contributed by atoms with E-state index in [0.717, 1.165) is 17.8 Å². The van der Waals surface area contributed by atoms with E-state index >= 15 is 0 Å². The van der Waals surface area contributed by atoms with Crippen molar-refractivity contribution in [3.63, 3.8) is 0 Å². The number of hydrogen-bond donors (Lipinski definition) is 2. The Balaban J connectivity index is 1.54. The van der Waals surface area contributed by atoms with Crippen molar-refractivity contribution in [2.45, 2.75) is 57.4 Å². The molecule has 0 saturated heterocycles. The van der Waals surface area contributed by atoms with Crippen molar-refractivity contribution in [3.05, 3.63) is 11.2 Å². The summed E-state index contributed by atoms with van der Waals surface area (Å²) < 4.78 is 0. The minimum Gasteiger partial charge on any atom is -0.321 e. The fourth-order valence-electron chi connectivity index (χ4n) is 3.46. The molecule has 0 unspecified atom stereocenters. The van der Waals surface area contributed by atoms with E-state index in [0.29, 0.717) is 11.8 Å². The van der Waals surface area contributed by atoms with Crippen LogP contribution >= 0.6 is 11.3 Å². The van der Waals surface area contributed by atoms with Crippen molar-refractivity contribution in [2.24, 2.45) is 11.8 Å². The highest BCUT2D eigenvalue weighted by Crippen LogP contribution is 2.40. The summed E-state index contributed by atoms with van der Waals surface area (Å²) in [4.78, 5) is 16.7. The maximum atomic E-state index is 12.2. The predicted molar refractivity (Wildman–Crippen MR) is 86.4 cm³/mol. The molecule has 1 aromatic heterocycles. The zero-order valence-corrected chi connectivity index (χ0v) is 13.7. The lowest BCUT2D eigenvalue weighted by Gasteiger charge is -2.32. The molecule has 2 saturated carbocycles. The lowest BCUT2D eigenvalue weighted by Crippen LogP contribution is -2.44. The maximum Gasteiger partial charge on any atom is 0.228 e. The SMILES string of the molecule is C[C@@H]1CCCC[C@@H]1c1ncc(NC(=O)[C@H]2C[C@H](NC#N)C2)s1. The first kappa shape index (κ1) is 15.3. The molecule has 22 heavy (non-hydrogen) atoms. The van der Waals surface area contributed by atoms with E-state index < -0.39 is 0 Å². The van der Waals surface area contributed by atoms with Gasteiger partial charge in [-0.05, 0) is 25.2 Å². The van der Waals surface area contributed by atoms with Crippen LogP contribution in [-0.2, 0) is 4.79 Å². The van der Waals surface area contributed by atoms with Crippen molar-refractivity contribution in [1.29, 1.82) is 5.26 Å². The van der Waals surface area contributed by atoms with Gasteiger partial charge < -0.3 is 10.6 Å². The number of rotatable bonds is 4. The van der Waals surface area contributed by atoms with Crippen LogP contribution in [0.3, 0.4) is 0 Å². The second-order valence-corrected chi connectivity index (χ2v) is 7.60. The van der Waals surface area contributed by atoms with Crippen LogP contribution in [0.2, 0.25) is 0 Å². The standard InChI is InChI=1S/C16H22N4OS/c1-10-4-2-3-5-13(10)16-18-8-14(22-16)20-15(21)11-6-12(7-11)19-9-17/h8,10-13,19H,2-7H2,1H3,(H,20,21)/t10-,11-,12-,13+/m1/s1. The fraction of sp³-hybridized carbons (Fsp3) is 0.688. The molecule has 2 aliphatic rings. The van der Waals surface area contributed by atoms with Gasteiger partial charge in [0.2, 0.25) is 5.91 Å². The molecule has 2 fully saturated rings. The van der Waals surface area contributed by atoms with Gasteiger partial charge in [-0.15, -0.1) is 11.3 Å². The number of anilines is 1. The Bertz CT molecular complexity index is 573. The number of thiazole rings is 1. The van der Waals surface area contributed by atoms with Gasteiger partial charge in [-0.25, -0.2) is 4.98 Å². The van der Waals surface area contributed by atoms with E-state index in [-0.39, 0.29) is 17.9 Å². The zero-order chi connectivity index (χ0) is 15.5. The number of nitriles is 1. The number of aromatic nitrogens is 1. The van der Waals surface area contributed by atoms with Gasteiger partial charge >= 0.3 is 0 Å². The normalized spacial score (nSPS) is 30.9. The Hall–Kier alpha value is -1.61. The third-order valence-electron chi connectivity index (χ3n) is 4.98. The predicted octanol–water partition coefficient (Wildman–Crippen LogP) is 3.22. The summed E-state index contributed by atoms with van der Waals surface area (Å²) in [6.07, 6.45) is 10.3. The highest BCUT2D eigenvalue weighted by atomic mass is 32.1.